The fraction of sp³-hybridized carbons (Fsp3) is 0.562. The monoisotopic (exact) mass is 389 g/mol. The summed E-state index contributed by atoms with van der Waals surface area (Å²) < 4.78 is 51.2. The van der Waals surface area contributed by atoms with Crippen LogP contribution in [0.25, 0.3) is 0 Å². The first-order chi connectivity index (χ1) is 11.4. The Morgan fingerprint density at radius 3 is 2.48 bits per heavy atom. The minimum atomic E-state index is -4.01. The molecule has 1 atom stereocenters. The molecule has 0 spiro atoms. The van der Waals surface area contributed by atoms with Gasteiger partial charge >= 0.3 is 5.97 Å². The predicted octanol–water partition coefficient (Wildman–Crippen LogP) is 1.53. The molecule has 1 aromatic carbocycles. The van der Waals surface area contributed by atoms with E-state index in [9.17, 15) is 21.6 Å². The second-order valence-electron chi connectivity index (χ2n) is 6.81. The maximum Gasteiger partial charge on any atom is 0.335 e. The lowest BCUT2D eigenvalue weighted by molar-refractivity contribution is 0.0696. The first kappa shape index (κ1) is 19.9. The number of hydrogen-bond acceptors (Lipinski definition) is 5. The van der Waals surface area contributed by atoms with Gasteiger partial charge in [0, 0.05) is 12.6 Å². The fourth-order valence-electron chi connectivity index (χ4n) is 2.94. The van der Waals surface area contributed by atoms with Gasteiger partial charge in [0.15, 0.2) is 9.84 Å². The SMILES string of the molecule is Cc1ccc(C(=O)O)cc1S(=O)(=O)N(CC(C)C)[C@@H]1CCS(=O)(=O)C1. The van der Waals surface area contributed by atoms with Crippen molar-refractivity contribution >= 4 is 25.8 Å². The zero-order valence-electron chi connectivity index (χ0n) is 14.5. The highest BCUT2D eigenvalue weighted by molar-refractivity contribution is 7.92. The Hall–Kier alpha value is -1.45. The first-order valence-electron chi connectivity index (χ1n) is 8.00. The molecular weight excluding hydrogens is 366 g/mol. The largest absolute Gasteiger partial charge is 0.478 e. The van der Waals surface area contributed by atoms with E-state index in [-0.39, 0.29) is 40.8 Å². The minimum Gasteiger partial charge on any atom is -0.478 e. The topological polar surface area (TPSA) is 109 Å². The van der Waals surface area contributed by atoms with Gasteiger partial charge in [0.1, 0.15) is 0 Å². The lowest BCUT2D eigenvalue weighted by atomic mass is 10.1. The quantitative estimate of drug-likeness (QED) is 0.790. The molecular formula is C16H23NO6S2. The Labute approximate surface area is 148 Å². The molecule has 140 valence electrons. The third-order valence-electron chi connectivity index (χ3n) is 4.18. The van der Waals surface area contributed by atoms with Crippen LogP contribution in [-0.4, -0.2) is 56.3 Å². The average Bonchev–Trinajstić information content (AvgIpc) is 2.84. The Kier molecular flexibility index (Phi) is 5.60. The van der Waals surface area contributed by atoms with Crippen molar-refractivity contribution < 1.29 is 26.7 Å². The van der Waals surface area contributed by atoms with Crippen molar-refractivity contribution in [1.82, 2.24) is 4.31 Å². The Balaban J connectivity index is 2.52. The number of hydrogen-bond donors (Lipinski definition) is 1. The zero-order chi connectivity index (χ0) is 19.0. The number of sulfone groups is 1. The van der Waals surface area contributed by atoms with E-state index in [1.807, 2.05) is 13.8 Å². The number of carbonyl (C=O) groups is 1. The van der Waals surface area contributed by atoms with Crippen LogP contribution in [0.5, 0.6) is 0 Å². The molecule has 1 saturated heterocycles. The van der Waals surface area contributed by atoms with Crippen molar-refractivity contribution in [3.8, 4) is 0 Å². The molecule has 0 unspecified atom stereocenters. The van der Waals surface area contributed by atoms with Crippen molar-refractivity contribution in [2.75, 3.05) is 18.1 Å². The molecule has 0 amide bonds. The van der Waals surface area contributed by atoms with Crippen molar-refractivity contribution in [2.45, 2.75) is 38.1 Å². The molecule has 7 nitrogen and oxygen atoms in total. The molecule has 1 heterocycles. The summed E-state index contributed by atoms with van der Waals surface area (Å²) in [5, 5.41) is 9.14. The van der Waals surface area contributed by atoms with E-state index in [0.717, 1.165) is 6.07 Å². The maximum absolute atomic E-state index is 13.2. The van der Waals surface area contributed by atoms with Gasteiger partial charge in [-0.25, -0.2) is 21.6 Å². The number of aromatic carboxylic acids is 1. The summed E-state index contributed by atoms with van der Waals surface area (Å²) in [6, 6.07) is 3.33. The molecule has 1 fully saturated rings. The van der Waals surface area contributed by atoms with Crippen molar-refractivity contribution in [1.29, 1.82) is 0 Å². The van der Waals surface area contributed by atoms with E-state index in [1.54, 1.807) is 6.92 Å². The summed E-state index contributed by atoms with van der Waals surface area (Å²) >= 11 is 0. The summed E-state index contributed by atoms with van der Waals surface area (Å²) in [7, 11) is -7.26. The molecule has 1 aliphatic rings. The lowest BCUT2D eigenvalue weighted by Crippen LogP contribution is -2.43. The van der Waals surface area contributed by atoms with Crippen LogP contribution in [0.4, 0.5) is 0 Å². The van der Waals surface area contributed by atoms with Crippen LogP contribution in [0, 0.1) is 12.8 Å². The zero-order valence-corrected chi connectivity index (χ0v) is 16.1. The second kappa shape index (κ2) is 7.05. The Morgan fingerprint density at radius 2 is 2.00 bits per heavy atom. The molecule has 0 bridgehead atoms. The van der Waals surface area contributed by atoms with E-state index in [2.05, 4.69) is 0 Å². The predicted molar refractivity (Wildman–Crippen MR) is 93.9 cm³/mol. The smallest absolute Gasteiger partial charge is 0.335 e. The van der Waals surface area contributed by atoms with Crippen LogP contribution >= 0.6 is 0 Å². The van der Waals surface area contributed by atoms with Gasteiger partial charge in [-0.05, 0) is 37.0 Å². The maximum atomic E-state index is 13.2. The molecule has 9 heteroatoms. The number of rotatable bonds is 6. The fourth-order valence-corrected chi connectivity index (χ4v) is 6.84. The van der Waals surface area contributed by atoms with Gasteiger partial charge in [-0.2, -0.15) is 4.31 Å². The van der Waals surface area contributed by atoms with Crippen molar-refractivity contribution in [3.05, 3.63) is 29.3 Å². The molecule has 0 aliphatic carbocycles. The van der Waals surface area contributed by atoms with Crippen LogP contribution in [-0.2, 0) is 19.9 Å². The summed E-state index contributed by atoms with van der Waals surface area (Å²) in [6.07, 6.45) is 0.256. The normalized spacial score (nSPS) is 20.3. The molecule has 0 saturated carbocycles. The highest BCUT2D eigenvalue weighted by atomic mass is 32.2. The molecule has 2 rings (SSSR count). The minimum absolute atomic E-state index is 0.000964. The van der Waals surface area contributed by atoms with E-state index in [0.29, 0.717) is 5.56 Å². The summed E-state index contributed by atoms with van der Waals surface area (Å²) in [6.45, 7) is 5.48. The number of sulfonamides is 1. The van der Waals surface area contributed by atoms with Crippen LogP contribution in [0.2, 0.25) is 0 Å². The van der Waals surface area contributed by atoms with Gasteiger partial charge in [0.25, 0.3) is 0 Å². The molecule has 1 N–H and O–H groups in total. The lowest BCUT2D eigenvalue weighted by Gasteiger charge is -2.29. The molecule has 0 radical (unpaired) electrons. The number of benzene rings is 1. The van der Waals surface area contributed by atoms with E-state index in [1.165, 1.54) is 16.4 Å². The van der Waals surface area contributed by atoms with E-state index in [4.69, 9.17) is 5.11 Å². The van der Waals surface area contributed by atoms with Gasteiger partial charge in [-0.3, -0.25) is 0 Å². The standard InChI is InChI=1S/C16H23NO6S2/c1-11(2)9-17(14-6-7-24(20,21)10-14)25(22,23)15-8-13(16(18)19)5-4-12(15)3/h4-5,8,11,14H,6-7,9-10H2,1-3H3,(H,18,19)/t14-/m1/s1. The summed E-state index contributed by atoms with van der Waals surface area (Å²) in [4.78, 5) is 11.1. The van der Waals surface area contributed by atoms with Crippen molar-refractivity contribution in [2.24, 2.45) is 5.92 Å². The van der Waals surface area contributed by atoms with Crippen LogP contribution < -0.4 is 0 Å². The van der Waals surface area contributed by atoms with Crippen molar-refractivity contribution in [3.63, 3.8) is 0 Å². The van der Waals surface area contributed by atoms with Gasteiger partial charge in [0.2, 0.25) is 10.0 Å². The Bertz CT molecular complexity index is 874. The highest BCUT2D eigenvalue weighted by Gasteiger charge is 2.39. The third-order valence-corrected chi connectivity index (χ3v) is 7.99. The van der Waals surface area contributed by atoms with Crippen LogP contribution in [0.1, 0.15) is 36.2 Å². The van der Waals surface area contributed by atoms with Crippen LogP contribution in [0.15, 0.2) is 23.1 Å². The molecule has 1 aromatic rings. The number of carboxylic acids is 1. The summed E-state index contributed by atoms with van der Waals surface area (Å²) in [5.41, 5.74) is 0.312. The highest BCUT2D eigenvalue weighted by Crippen LogP contribution is 2.28. The molecule has 1 aliphatic heterocycles. The van der Waals surface area contributed by atoms with Gasteiger partial charge in [-0.1, -0.05) is 19.9 Å². The molecule has 25 heavy (non-hydrogen) atoms. The number of nitrogens with zero attached hydrogens (tertiary/aromatic N) is 1. The number of aryl methyl sites for hydroxylation is 1. The second-order valence-corrected chi connectivity index (χ2v) is 10.9. The Morgan fingerprint density at radius 1 is 1.36 bits per heavy atom. The van der Waals surface area contributed by atoms with Gasteiger partial charge in [-0.15, -0.1) is 0 Å². The summed E-state index contributed by atoms with van der Waals surface area (Å²) in [5.74, 6) is -1.44. The van der Waals surface area contributed by atoms with E-state index < -0.39 is 31.9 Å². The van der Waals surface area contributed by atoms with E-state index >= 15 is 0 Å². The van der Waals surface area contributed by atoms with Gasteiger partial charge in [0.05, 0.1) is 22.0 Å². The third kappa shape index (κ3) is 4.39. The first-order valence-corrected chi connectivity index (χ1v) is 11.3. The van der Waals surface area contributed by atoms with Gasteiger partial charge < -0.3 is 5.11 Å². The van der Waals surface area contributed by atoms with Crippen LogP contribution in [0.3, 0.4) is 0 Å². The average molecular weight is 389 g/mol. The number of carboxylic acid groups (broad SMARTS) is 1. The molecule has 0 aromatic heterocycles.